The number of halogens is 1. The molecule has 29 heavy (non-hydrogen) atoms. The van der Waals surface area contributed by atoms with Gasteiger partial charge < -0.3 is 9.30 Å². The molecule has 0 saturated heterocycles. The Bertz CT molecular complexity index is 1190. The molecular weight excluding hydrogens is 428 g/mol. The lowest BCUT2D eigenvalue weighted by Gasteiger charge is -2.07. The smallest absolute Gasteiger partial charge is 0.337 e. The van der Waals surface area contributed by atoms with Gasteiger partial charge in [-0.25, -0.2) is 4.79 Å². The standard InChI is InChI=1S/C24H19BrN2O2/c1-29-24(28)18-6-4-5-17(13-18)15-27-16-19(22-7-2-3-8-23(22)27)14-26-21-11-9-20(25)10-12-21/h2-14,16H,15H2,1H3. The fourth-order valence-corrected chi connectivity index (χ4v) is 3.56. The number of carbonyl (C=O) groups excluding carboxylic acids is 1. The first-order valence-corrected chi connectivity index (χ1v) is 9.98. The minimum Gasteiger partial charge on any atom is -0.465 e. The van der Waals surface area contributed by atoms with Gasteiger partial charge in [0.25, 0.3) is 0 Å². The fraction of sp³-hybridized carbons (Fsp3) is 0.0833. The van der Waals surface area contributed by atoms with Gasteiger partial charge in [-0.05, 0) is 48.0 Å². The van der Waals surface area contributed by atoms with Crippen molar-refractivity contribution >= 4 is 44.7 Å². The van der Waals surface area contributed by atoms with E-state index in [2.05, 4.69) is 43.8 Å². The second-order valence-electron chi connectivity index (χ2n) is 6.66. The van der Waals surface area contributed by atoms with E-state index in [1.807, 2.05) is 60.8 Å². The molecule has 0 aliphatic rings. The summed E-state index contributed by atoms with van der Waals surface area (Å²) in [6, 6.07) is 23.7. The average molecular weight is 447 g/mol. The monoisotopic (exact) mass is 446 g/mol. The molecule has 1 aromatic heterocycles. The summed E-state index contributed by atoms with van der Waals surface area (Å²) in [5.41, 5.74) is 4.65. The highest BCUT2D eigenvalue weighted by Gasteiger charge is 2.09. The molecule has 0 amide bonds. The number of methoxy groups -OCH3 is 1. The molecule has 0 aliphatic heterocycles. The van der Waals surface area contributed by atoms with Crippen LogP contribution in [0.25, 0.3) is 10.9 Å². The normalized spacial score (nSPS) is 11.2. The average Bonchev–Trinajstić information content (AvgIpc) is 3.10. The van der Waals surface area contributed by atoms with Crippen molar-refractivity contribution in [2.24, 2.45) is 4.99 Å². The van der Waals surface area contributed by atoms with Gasteiger partial charge in [-0.3, -0.25) is 4.99 Å². The highest BCUT2D eigenvalue weighted by molar-refractivity contribution is 9.10. The number of hydrogen-bond donors (Lipinski definition) is 0. The van der Waals surface area contributed by atoms with E-state index in [0.29, 0.717) is 12.1 Å². The maximum absolute atomic E-state index is 11.8. The number of aliphatic imine (C=N–C) groups is 1. The number of carbonyl (C=O) groups is 1. The largest absolute Gasteiger partial charge is 0.465 e. The van der Waals surface area contributed by atoms with Crippen LogP contribution in [-0.4, -0.2) is 23.9 Å². The molecule has 144 valence electrons. The van der Waals surface area contributed by atoms with Crippen LogP contribution in [0.4, 0.5) is 5.69 Å². The van der Waals surface area contributed by atoms with Gasteiger partial charge in [0.15, 0.2) is 0 Å². The molecule has 0 aliphatic carbocycles. The molecule has 0 fully saturated rings. The molecule has 4 nitrogen and oxygen atoms in total. The van der Waals surface area contributed by atoms with Gasteiger partial charge in [-0.15, -0.1) is 0 Å². The van der Waals surface area contributed by atoms with Gasteiger partial charge in [0, 0.05) is 39.9 Å². The van der Waals surface area contributed by atoms with Crippen LogP contribution < -0.4 is 0 Å². The molecule has 0 saturated carbocycles. The van der Waals surface area contributed by atoms with Crippen LogP contribution in [0.15, 0.2) is 88.5 Å². The van der Waals surface area contributed by atoms with Crippen molar-refractivity contribution in [3.05, 3.63) is 100 Å². The van der Waals surface area contributed by atoms with E-state index >= 15 is 0 Å². The van der Waals surface area contributed by atoms with E-state index in [4.69, 9.17) is 4.74 Å². The van der Waals surface area contributed by atoms with Crippen molar-refractivity contribution in [2.45, 2.75) is 6.54 Å². The summed E-state index contributed by atoms with van der Waals surface area (Å²) < 4.78 is 8.04. The summed E-state index contributed by atoms with van der Waals surface area (Å²) in [5.74, 6) is -0.327. The Balaban J connectivity index is 1.67. The second kappa shape index (κ2) is 8.45. The zero-order chi connectivity index (χ0) is 20.2. The molecule has 4 rings (SSSR count). The summed E-state index contributed by atoms with van der Waals surface area (Å²) in [5, 5.41) is 1.14. The maximum atomic E-state index is 11.8. The zero-order valence-corrected chi connectivity index (χ0v) is 17.5. The molecular formula is C24H19BrN2O2. The third-order valence-electron chi connectivity index (χ3n) is 4.70. The number of fused-ring (bicyclic) bond motifs is 1. The molecule has 1 heterocycles. The predicted octanol–water partition coefficient (Wildman–Crippen LogP) is 5.99. The number of benzene rings is 3. The van der Waals surface area contributed by atoms with Crippen molar-refractivity contribution in [1.82, 2.24) is 4.57 Å². The van der Waals surface area contributed by atoms with E-state index < -0.39 is 0 Å². The molecule has 0 N–H and O–H groups in total. The first kappa shape index (κ1) is 19.2. The van der Waals surface area contributed by atoms with Crippen LogP contribution in [-0.2, 0) is 11.3 Å². The molecule has 0 unspecified atom stereocenters. The number of hydrogen-bond acceptors (Lipinski definition) is 3. The third-order valence-corrected chi connectivity index (χ3v) is 5.23. The summed E-state index contributed by atoms with van der Waals surface area (Å²) in [7, 11) is 1.39. The first-order chi connectivity index (χ1) is 14.1. The molecule has 5 heteroatoms. The second-order valence-corrected chi connectivity index (χ2v) is 7.57. The van der Waals surface area contributed by atoms with Crippen LogP contribution in [0.2, 0.25) is 0 Å². The highest BCUT2D eigenvalue weighted by Crippen LogP contribution is 2.23. The Morgan fingerprint density at radius 1 is 1.07 bits per heavy atom. The van der Waals surface area contributed by atoms with Gasteiger partial charge in [0.2, 0.25) is 0 Å². The van der Waals surface area contributed by atoms with Gasteiger partial charge in [0.1, 0.15) is 0 Å². The minimum absolute atomic E-state index is 0.327. The zero-order valence-electron chi connectivity index (χ0n) is 15.9. The minimum atomic E-state index is -0.327. The number of rotatable bonds is 5. The highest BCUT2D eigenvalue weighted by atomic mass is 79.9. The lowest BCUT2D eigenvalue weighted by atomic mass is 10.1. The van der Waals surface area contributed by atoms with E-state index in [-0.39, 0.29) is 5.97 Å². The third kappa shape index (κ3) is 4.30. The number of nitrogens with zero attached hydrogens (tertiary/aromatic N) is 2. The van der Waals surface area contributed by atoms with Crippen LogP contribution in [0, 0.1) is 0 Å². The van der Waals surface area contributed by atoms with Gasteiger partial charge in [-0.1, -0.05) is 46.3 Å². The number of para-hydroxylation sites is 1. The molecule has 3 aromatic carbocycles. The molecule has 4 aromatic rings. The summed E-state index contributed by atoms with van der Waals surface area (Å²) in [4.78, 5) is 16.4. The number of ether oxygens (including phenoxy) is 1. The SMILES string of the molecule is COC(=O)c1cccc(Cn2cc(C=Nc3ccc(Br)cc3)c3ccccc32)c1. The molecule has 0 radical (unpaired) electrons. The van der Waals surface area contributed by atoms with E-state index in [1.165, 1.54) is 7.11 Å². The Labute approximate surface area is 177 Å². The Morgan fingerprint density at radius 3 is 2.66 bits per heavy atom. The van der Waals surface area contributed by atoms with Gasteiger partial charge in [-0.2, -0.15) is 0 Å². The summed E-state index contributed by atoms with van der Waals surface area (Å²) >= 11 is 3.44. The van der Waals surface area contributed by atoms with Crippen molar-refractivity contribution in [1.29, 1.82) is 0 Å². The molecule has 0 atom stereocenters. The lowest BCUT2D eigenvalue weighted by molar-refractivity contribution is 0.0600. The van der Waals surface area contributed by atoms with Crippen molar-refractivity contribution in [3.63, 3.8) is 0 Å². The summed E-state index contributed by atoms with van der Waals surface area (Å²) in [6.45, 7) is 0.650. The topological polar surface area (TPSA) is 43.6 Å². The van der Waals surface area contributed by atoms with Crippen molar-refractivity contribution in [3.8, 4) is 0 Å². The van der Waals surface area contributed by atoms with Gasteiger partial charge >= 0.3 is 5.97 Å². The predicted molar refractivity (Wildman–Crippen MR) is 120 cm³/mol. The van der Waals surface area contributed by atoms with E-state index in [9.17, 15) is 4.79 Å². The number of esters is 1. The first-order valence-electron chi connectivity index (χ1n) is 9.19. The van der Waals surface area contributed by atoms with E-state index in [0.717, 1.165) is 32.2 Å². The fourth-order valence-electron chi connectivity index (χ4n) is 3.29. The quantitative estimate of drug-likeness (QED) is 0.279. The lowest BCUT2D eigenvalue weighted by Crippen LogP contribution is -2.03. The maximum Gasteiger partial charge on any atom is 0.337 e. The summed E-state index contributed by atoms with van der Waals surface area (Å²) in [6.07, 6.45) is 3.99. The Hall–Kier alpha value is -3.18. The van der Waals surface area contributed by atoms with Crippen molar-refractivity contribution < 1.29 is 9.53 Å². The number of aromatic nitrogens is 1. The van der Waals surface area contributed by atoms with E-state index in [1.54, 1.807) is 6.07 Å². The van der Waals surface area contributed by atoms with Crippen LogP contribution in [0.3, 0.4) is 0 Å². The van der Waals surface area contributed by atoms with Gasteiger partial charge in [0.05, 0.1) is 18.4 Å². The van der Waals surface area contributed by atoms with Crippen molar-refractivity contribution in [2.75, 3.05) is 7.11 Å². The van der Waals surface area contributed by atoms with Crippen LogP contribution in [0.5, 0.6) is 0 Å². The van der Waals surface area contributed by atoms with Crippen LogP contribution >= 0.6 is 15.9 Å². The van der Waals surface area contributed by atoms with Crippen LogP contribution in [0.1, 0.15) is 21.5 Å². The Morgan fingerprint density at radius 2 is 1.86 bits per heavy atom. The molecule has 0 bridgehead atoms. The Kier molecular flexibility index (Phi) is 5.58. The molecule has 0 spiro atoms.